The van der Waals surface area contributed by atoms with Gasteiger partial charge in [0.25, 0.3) is 0 Å². The maximum Gasteiger partial charge on any atom is 0.197 e. The Kier molecular flexibility index (Phi) is 3.53. The maximum absolute atomic E-state index is 14.8. The van der Waals surface area contributed by atoms with E-state index in [1.54, 1.807) is 0 Å². The third-order valence-corrected chi connectivity index (χ3v) is 6.10. The Morgan fingerprint density at radius 1 is 1.32 bits per heavy atom. The van der Waals surface area contributed by atoms with Crippen LogP contribution in [0.15, 0.2) is 28.0 Å². The quantitative estimate of drug-likeness (QED) is 0.719. The standard InChI is InChI=1S/C18H18FN3O2S/c19-13-7-12-14(8-11(13)9-3-5-20-6-4-9)22(10-1-2-10)18-15(16(12)23)17(24)21-25-18/h3,7-8,10,17,20-21,24H,1-2,4-6H2. The predicted molar refractivity (Wildman–Crippen MR) is 95.9 cm³/mol. The second kappa shape index (κ2) is 5.67. The molecule has 2 aliphatic heterocycles. The zero-order chi connectivity index (χ0) is 17.1. The molecule has 7 heteroatoms. The van der Waals surface area contributed by atoms with Gasteiger partial charge in [-0.1, -0.05) is 6.08 Å². The fourth-order valence-electron chi connectivity index (χ4n) is 3.75. The van der Waals surface area contributed by atoms with Crippen LogP contribution >= 0.6 is 11.9 Å². The molecule has 1 fully saturated rings. The molecule has 1 saturated carbocycles. The first kappa shape index (κ1) is 15.6. The van der Waals surface area contributed by atoms with Gasteiger partial charge in [0.1, 0.15) is 17.1 Å². The molecular formula is C18H18FN3O2S. The van der Waals surface area contributed by atoms with Crippen LogP contribution in [0, 0.1) is 5.82 Å². The van der Waals surface area contributed by atoms with Crippen molar-refractivity contribution < 1.29 is 9.50 Å². The number of aliphatic hydroxyl groups is 1. The number of fused-ring (bicyclic) bond motifs is 2. The lowest BCUT2D eigenvalue weighted by Gasteiger charge is -2.19. The number of aliphatic hydroxyl groups excluding tert-OH is 1. The molecule has 25 heavy (non-hydrogen) atoms. The van der Waals surface area contributed by atoms with Crippen LogP contribution in [0.2, 0.25) is 0 Å². The molecule has 0 spiro atoms. The number of nitrogens with zero attached hydrogens (tertiary/aromatic N) is 1. The first-order valence-electron chi connectivity index (χ1n) is 8.57. The van der Waals surface area contributed by atoms with E-state index in [4.69, 9.17) is 0 Å². The van der Waals surface area contributed by atoms with E-state index in [1.807, 2.05) is 12.1 Å². The molecule has 1 atom stereocenters. The minimum Gasteiger partial charge on any atom is -0.373 e. The van der Waals surface area contributed by atoms with Crippen LogP contribution in [0.3, 0.4) is 0 Å². The highest BCUT2D eigenvalue weighted by Crippen LogP contribution is 2.44. The summed E-state index contributed by atoms with van der Waals surface area (Å²) >= 11 is 1.29. The van der Waals surface area contributed by atoms with Crippen molar-refractivity contribution in [3.05, 3.63) is 45.4 Å². The van der Waals surface area contributed by atoms with Crippen molar-refractivity contribution in [2.45, 2.75) is 36.6 Å². The van der Waals surface area contributed by atoms with Gasteiger partial charge >= 0.3 is 0 Å². The summed E-state index contributed by atoms with van der Waals surface area (Å²) < 4.78 is 19.8. The molecular weight excluding hydrogens is 341 g/mol. The summed E-state index contributed by atoms with van der Waals surface area (Å²) in [5.41, 5.74) is 2.40. The van der Waals surface area contributed by atoms with E-state index in [1.165, 1.54) is 18.0 Å². The van der Waals surface area contributed by atoms with Crippen molar-refractivity contribution in [1.29, 1.82) is 0 Å². The molecule has 0 radical (unpaired) electrons. The fraction of sp³-hybridized carbons (Fsp3) is 0.389. The third kappa shape index (κ3) is 2.38. The predicted octanol–water partition coefficient (Wildman–Crippen LogP) is 2.45. The molecule has 3 aliphatic rings. The van der Waals surface area contributed by atoms with Gasteiger partial charge in [0, 0.05) is 23.5 Å². The van der Waals surface area contributed by atoms with Crippen LogP contribution in [0.25, 0.3) is 16.5 Å². The smallest absolute Gasteiger partial charge is 0.197 e. The van der Waals surface area contributed by atoms with Crippen LogP contribution in [-0.4, -0.2) is 22.8 Å². The van der Waals surface area contributed by atoms with Crippen molar-refractivity contribution in [2.75, 3.05) is 13.1 Å². The molecule has 0 amide bonds. The van der Waals surface area contributed by atoms with E-state index in [0.29, 0.717) is 22.6 Å². The van der Waals surface area contributed by atoms with Gasteiger partial charge in [-0.3, -0.25) is 4.79 Å². The van der Waals surface area contributed by atoms with E-state index < -0.39 is 6.23 Å². The average Bonchev–Trinajstić information content (AvgIpc) is 3.38. The third-order valence-electron chi connectivity index (χ3n) is 5.15. The Labute approximate surface area is 148 Å². The summed E-state index contributed by atoms with van der Waals surface area (Å²) in [6.07, 6.45) is 3.87. The van der Waals surface area contributed by atoms with Crippen LogP contribution in [0.4, 0.5) is 4.39 Å². The Morgan fingerprint density at radius 2 is 2.16 bits per heavy atom. The lowest BCUT2D eigenvalue weighted by molar-refractivity contribution is 0.171. The lowest BCUT2D eigenvalue weighted by Crippen LogP contribution is -2.21. The van der Waals surface area contributed by atoms with Gasteiger partial charge in [-0.15, -0.1) is 0 Å². The van der Waals surface area contributed by atoms with Gasteiger partial charge in [0.05, 0.1) is 11.1 Å². The van der Waals surface area contributed by atoms with Gasteiger partial charge in [0.15, 0.2) is 5.43 Å². The molecule has 1 unspecified atom stereocenters. The van der Waals surface area contributed by atoms with Crippen LogP contribution in [0.1, 0.15) is 42.7 Å². The van der Waals surface area contributed by atoms with E-state index in [-0.39, 0.29) is 11.2 Å². The Hall–Kier alpha value is -1.67. The highest BCUT2D eigenvalue weighted by molar-refractivity contribution is 7.97. The molecule has 3 heterocycles. The molecule has 1 aromatic heterocycles. The molecule has 1 aliphatic carbocycles. The second-order valence-corrected chi connectivity index (χ2v) is 7.63. The van der Waals surface area contributed by atoms with Crippen molar-refractivity contribution in [3.63, 3.8) is 0 Å². The molecule has 3 N–H and O–H groups in total. The maximum atomic E-state index is 14.8. The Balaban J connectivity index is 1.83. The monoisotopic (exact) mass is 359 g/mol. The number of aromatic nitrogens is 1. The SMILES string of the molecule is O=c1c2c(n(C3CC3)c3cc(C4=CCNCC4)c(F)cc13)SNC2O. The second-order valence-electron chi connectivity index (χ2n) is 6.80. The summed E-state index contributed by atoms with van der Waals surface area (Å²) in [5.74, 6) is -0.367. The number of nitrogens with one attached hydrogen (secondary N) is 2. The minimum absolute atomic E-state index is 0.281. The normalized spacial score (nSPS) is 23.0. The first-order chi connectivity index (χ1) is 12.1. The van der Waals surface area contributed by atoms with Crippen molar-refractivity contribution in [1.82, 2.24) is 14.6 Å². The number of benzene rings is 1. The first-order valence-corrected chi connectivity index (χ1v) is 9.39. The van der Waals surface area contributed by atoms with Crippen LogP contribution in [0.5, 0.6) is 0 Å². The fourth-order valence-corrected chi connectivity index (χ4v) is 4.75. The zero-order valence-corrected chi connectivity index (χ0v) is 14.3. The summed E-state index contributed by atoms with van der Waals surface area (Å²) in [7, 11) is 0. The van der Waals surface area contributed by atoms with Gasteiger partial charge < -0.3 is 15.0 Å². The van der Waals surface area contributed by atoms with E-state index in [9.17, 15) is 14.3 Å². The van der Waals surface area contributed by atoms with E-state index in [2.05, 4.69) is 14.6 Å². The van der Waals surface area contributed by atoms with Gasteiger partial charge in [-0.05, 0) is 55.5 Å². The largest absolute Gasteiger partial charge is 0.373 e. The summed E-state index contributed by atoms with van der Waals surface area (Å²) in [4.78, 5) is 12.8. The van der Waals surface area contributed by atoms with Crippen LogP contribution in [-0.2, 0) is 0 Å². The lowest BCUT2D eigenvalue weighted by atomic mass is 9.97. The molecule has 5 nitrogen and oxygen atoms in total. The zero-order valence-electron chi connectivity index (χ0n) is 13.5. The Bertz CT molecular complexity index is 981. The summed E-state index contributed by atoms with van der Waals surface area (Å²) in [5, 5.41) is 14.5. The molecule has 0 saturated heterocycles. The van der Waals surface area contributed by atoms with Gasteiger partial charge in [0.2, 0.25) is 0 Å². The van der Waals surface area contributed by atoms with Crippen LogP contribution < -0.4 is 15.5 Å². The van der Waals surface area contributed by atoms with Gasteiger partial charge in [-0.2, -0.15) is 0 Å². The van der Waals surface area contributed by atoms with Gasteiger partial charge in [-0.25, -0.2) is 9.11 Å². The van der Waals surface area contributed by atoms with Crippen molar-refractivity contribution in [2.24, 2.45) is 0 Å². The van der Waals surface area contributed by atoms with Crippen molar-refractivity contribution in [3.8, 4) is 0 Å². The minimum atomic E-state index is -1.00. The molecule has 0 bridgehead atoms. The number of halogens is 1. The Morgan fingerprint density at radius 3 is 2.88 bits per heavy atom. The highest BCUT2D eigenvalue weighted by Gasteiger charge is 2.35. The summed E-state index contributed by atoms with van der Waals surface area (Å²) in [6, 6.07) is 3.49. The topological polar surface area (TPSA) is 66.3 Å². The van der Waals surface area contributed by atoms with E-state index in [0.717, 1.165) is 48.5 Å². The molecule has 1 aromatic carbocycles. The average molecular weight is 359 g/mol. The molecule has 130 valence electrons. The van der Waals surface area contributed by atoms with Crippen molar-refractivity contribution >= 4 is 28.4 Å². The highest BCUT2D eigenvalue weighted by atomic mass is 32.2. The molecule has 5 rings (SSSR count). The number of hydrogen-bond acceptors (Lipinski definition) is 5. The van der Waals surface area contributed by atoms with E-state index >= 15 is 0 Å². The molecule has 2 aromatic rings. The summed E-state index contributed by atoms with van der Waals surface area (Å²) in [6.45, 7) is 1.56. The number of pyridine rings is 1. The number of rotatable bonds is 2. The number of hydrogen-bond donors (Lipinski definition) is 3.